The van der Waals surface area contributed by atoms with Crippen LogP contribution in [0.2, 0.25) is 0 Å². The van der Waals surface area contributed by atoms with Crippen molar-refractivity contribution in [3.8, 4) is 0 Å². The quantitative estimate of drug-likeness (QED) is 0.707. The van der Waals surface area contributed by atoms with Gasteiger partial charge in [0.1, 0.15) is 0 Å². The van der Waals surface area contributed by atoms with Crippen molar-refractivity contribution in [1.29, 1.82) is 0 Å². The molecule has 0 aliphatic heterocycles. The van der Waals surface area contributed by atoms with Crippen molar-refractivity contribution in [2.24, 2.45) is 0 Å². The number of hydrogen-bond acceptors (Lipinski definition) is 2. The third-order valence-electron chi connectivity index (χ3n) is 3.21. The van der Waals surface area contributed by atoms with Crippen LogP contribution >= 0.6 is 0 Å². The lowest BCUT2D eigenvalue weighted by Gasteiger charge is -2.16. The molecule has 1 aromatic rings. The lowest BCUT2D eigenvalue weighted by Crippen LogP contribution is -2.27. The van der Waals surface area contributed by atoms with Gasteiger partial charge in [0.15, 0.2) is 5.78 Å². The van der Waals surface area contributed by atoms with Gasteiger partial charge < -0.3 is 4.90 Å². The highest BCUT2D eigenvalue weighted by Crippen LogP contribution is 2.08. The van der Waals surface area contributed by atoms with Gasteiger partial charge in [-0.25, -0.2) is 0 Å². The van der Waals surface area contributed by atoms with Crippen LogP contribution in [0, 0.1) is 6.92 Å². The van der Waals surface area contributed by atoms with E-state index < -0.39 is 0 Å². The number of rotatable bonds is 7. The van der Waals surface area contributed by atoms with Crippen LogP contribution in [0.25, 0.3) is 0 Å². The summed E-state index contributed by atoms with van der Waals surface area (Å²) in [7, 11) is 1.80. The zero-order chi connectivity index (χ0) is 14.3. The maximum atomic E-state index is 11.9. The minimum atomic E-state index is 0.0391. The average Bonchev–Trinajstić information content (AvgIpc) is 2.42. The molecule has 0 fully saturated rings. The third-order valence-corrected chi connectivity index (χ3v) is 3.21. The van der Waals surface area contributed by atoms with Gasteiger partial charge >= 0.3 is 0 Å². The zero-order valence-electron chi connectivity index (χ0n) is 12.1. The van der Waals surface area contributed by atoms with Gasteiger partial charge in [0.2, 0.25) is 5.91 Å². The highest BCUT2D eigenvalue weighted by Gasteiger charge is 2.12. The summed E-state index contributed by atoms with van der Waals surface area (Å²) in [6.07, 6.45) is 2.67. The number of hydrogen-bond donors (Lipinski definition) is 0. The lowest BCUT2D eigenvalue weighted by atomic mass is 10.0. The summed E-state index contributed by atoms with van der Waals surface area (Å²) in [4.78, 5) is 25.5. The van der Waals surface area contributed by atoms with Crippen LogP contribution in [0.5, 0.6) is 0 Å². The molecule has 0 radical (unpaired) electrons. The van der Waals surface area contributed by atoms with Gasteiger partial charge in [0, 0.05) is 32.0 Å². The fourth-order valence-corrected chi connectivity index (χ4v) is 1.82. The number of benzene rings is 1. The Balaban J connectivity index is 2.41. The number of unbranched alkanes of at least 4 members (excludes halogenated alkanes) is 1. The molecule has 19 heavy (non-hydrogen) atoms. The molecule has 0 aliphatic rings. The van der Waals surface area contributed by atoms with Crippen LogP contribution in [0.1, 0.15) is 48.5 Å². The van der Waals surface area contributed by atoms with Crippen LogP contribution in [0.4, 0.5) is 0 Å². The van der Waals surface area contributed by atoms with E-state index in [0.717, 1.165) is 24.9 Å². The summed E-state index contributed by atoms with van der Waals surface area (Å²) in [6, 6.07) is 7.48. The Kier molecular flexibility index (Phi) is 6.26. The molecule has 0 aromatic heterocycles. The Morgan fingerprint density at radius 1 is 1.11 bits per heavy atom. The topological polar surface area (TPSA) is 37.4 Å². The van der Waals surface area contributed by atoms with Crippen molar-refractivity contribution in [3.05, 3.63) is 35.4 Å². The average molecular weight is 261 g/mol. The molecule has 1 rings (SSSR count). The highest BCUT2D eigenvalue weighted by molar-refractivity contribution is 5.97. The second kappa shape index (κ2) is 7.72. The molecule has 1 amide bonds. The predicted octanol–water partition coefficient (Wildman–Crippen LogP) is 3.22. The van der Waals surface area contributed by atoms with E-state index in [1.165, 1.54) is 0 Å². The van der Waals surface area contributed by atoms with Gasteiger partial charge in [-0.3, -0.25) is 9.59 Å². The van der Waals surface area contributed by atoms with E-state index in [1.807, 2.05) is 31.2 Å². The monoisotopic (exact) mass is 261 g/mol. The van der Waals surface area contributed by atoms with E-state index >= 15 is 0 Å². The van der Waals surface area contributed by atoms with Gasteiger partial charge in [-0.2, -0.15) is 0 Å². The Morgan fingerprint density at radius 3 is 2.32 bits per heavy atom. The minimum absolute atomic E-state index is 0.0391. The van der Waals surface area contributed by atoms with Crippen LogP contribution in [0.3, 0.4) is 0 Å². The van der Waals surface area contributed by atoms with Crippen molar-refractivity contribution < 1.29 is 9.59 Å². The summed E-state index contributed by atoms with van der Waals surface area (Å²) < 4.78 is 0. The second-order valence-corrected chi connectivity index (χ2v) is 4.96. The maximum absolute atomic E-state index is 11.9. The first kappa shape index (κ1) is 15.4. The number of aryl methyl sites for hydroxylation is 1. The number of Topliss-reactive ketones (excluding diaryl/α,β-unsaturated/α-hetero) is 1. The summed E-state index contributed by atoms with van der Waals surface area (Å²) >= 11 is 0. The summed E-state index contributed by atoms with van der Waals surface area (Å²) in [5.41, 5.74) is 1.82. The molecule has 3 heteroatoms. The molecule has 0 bridgehead atoms. The fourth-order valence-electron chi connectivity index (χ4n) is 1.82. The van der Waals surface area contributed by atoms with E-state index in [2.05, 4.69) is 6.92 Å². The lowest BCUT2D eigenvalue weighted by molar-refractivity contribution is -0.129. The van der Waals surface area contributed by atoms with Crippen LogP contribution in [0.15, 0.2) is 24.3 Å². The van der Waals surface area contributed by atoms with Crippen LogP contribution in [-0.4, -0.2) is 30.2 Å². The summed E-state index contributed by atoms with van der Waals surface area (Å²) in [6.45, 7) is 4.85. The van der Waals surface area contributed by atoms with E-state index in [9.17, 15) is 9.59 Å². The van der Waals surface area contributed by atoms with Crippen molar-refractivity contribution in [2.75, 3.05) is 13.6 Å². The van der Waals surface area contributed by atoms with Crippen molar-refractivity contribution in [2.45, 2.75) is 39.5 Å². The van der Waals surface area contributed by atoms with Gasteiger partial charge in [0.05, 0.1) is 0 Å². The number of carbonyl (C=O) groups is 2. The molecule has 0 saturated carbocycles. The van der Waals surface area contributed by atoms with Gasteiger partial charge in [-0.15, -0.1) is 0 Å². The van der Waals surface area contributed by atoms with Gasteiger partial charge in [0.25, 0.3) is 0 Å². The standard InChI is InChI=1S/C16H23NO2/c1-4-5-12-17(3)16(19)11-10-15(18)14-8-6-13(2)7-9-14/h6-9H,4-5,10-12H2,1-3H3. The van der Waals surface area contributed by atoms with E-state index in [0.29, 0.717) is 18.4 Å². The molecule has 0 aliphatic carbocycles. The largest absolute Gasteiger partial charge is 0.346 e. The molecular formula is C16H23NO2. The van der Waals surface area contributed by atoms with E-state index in [1.54, 1.807) is 11.9 Å². The van der Waals surface area contributed by atoms with E-state index in [4.69, 9.17) is 0 Å². The smallest absolute Gasteiger partial charge is 0.222 e. The zero-order valence-corrected chi connectivity index (χ0v) is 12.1. The molecule has 0 heterocycles. The SMILES string of the molecule is CCCCN(C)C(=O)CCC(=O)c1ccc(C)cc1. The molecule has 104 valence electrons. The molecule has 0 spiro atoms. The second-order valence-electron chi connectivity index (χ2n) is 4.96. The van der Waals surface area contributed by atoms with Crippen LogP contribution in [-0.2, 0) is 4.79 Å². The molecule has 0 saturated heterocycles. The molecule has 0 unspecified atom stereocenters. The number of ketones is 1. The Morgan fingerprint density at radius 2 is 1.74 bits per heavy atom. The Hall–Kier alpha value is -1.64. The third kappa shape index (κ3) is 5.25. The summed E-state index contributed by atoms with van der Waals surface area (Å²) in [5.74, 6) is 0.0890. The number of nitrogens with zero attached hydrogens (tertiary/aromatic N) is 1. The highest BCUT2D eigenvalue weighted by atomic mass is 16.2. The maximum Gasteiger partial charge on any atom is 0.222 e. The first-order chi connectivity index (χ1) is 9.04. The first-order valence-corrected chi connectivity index (χ1v) is 6.88. The number of amides is 1. The first-order valence-electron chi connectivity index (χ1n) is 6.88. The molecular weight excluding hydrogens is 238 g/mol. The van der Waals surface area contributed by atoms with Gasteiger partial charge in [-0.05, 0) is 13.3 Å². The van der Waals surface area contributed by atoms with Crippen LogP contribution < -0.4 is 0 Å². The molecule has 1 aromatic carbocycles. The number of carbonyl (C=O) groups excluding carboxylic acids is 2. The normalized spacial score (nSPS) is 10.3. The molecule has 3 nitrogen and oxygen atoms in total. The van der Waals surface area contributed by atoms with Crippen molar-refractivity contribution in [1.82, 2.24) is 4.90 Å². The molecule has 0 N–H and O–H groups in total. The van der Waals surface area contributed by atoms with Crippen molar-refractivity contribution in [3.63, 3.8) is 0 Å². The Labute approximate surface area is 115 Å². The fraction of sp³-hybridized carbons (Fsp3) is 0.500. The molecule has 0 atom stereocenters. The van der Waals surface area contributed by atoms with Gasteiger partial charge in [-0.1, -0.05) is 43.2 Å². The predicted molar refractivity (Wildman–Crippen MR) is 77.3 cm³/mol. The minimum Gasteiger partial charge on any atom is -0.346 e. The van der Waals surface area contributed by atoms with E-state index in [-0.39, 0.29) is 11.7 Å². The Bertz CT molecular complexity index is 423. The van der Waals surface area contributed by atoms with Crippen molar-refractivity contribution >= 4 is 11.7 Å². The summed E-state index contributed by atoms with van der Waals surface area (Å²) in [5, 5.41) is 0.